The molecule has 2 fully saturated rings. The number of carbonyl (C=O) groups is 3. The second kappa shape index (κ2) is 36.1. The summed E-state index contributed by atoms with van der Waals surface area (Å²) < 4.78 is 157. The summed E-state index contributed by atoms with van der Waals surface area (Å²) in [5, 5.41) is 32.9. The van der Waals surface area contributed by atoms with Gasteiger partial charge in [-0.15, -0.1) is 0 Å². The molecule has 7 aromatic rings. The van der Waals surface area contributed by atoms with Gasteiger partial charge in [0.15, 0.2) is 15.6 Å². The normalized spacial score (nSPS) is 17.7. The molecule has 2 aromatic heterocycles. The van der Waals surface area contributed by atoms with Crippen LogP contribution in [0.1, 0.15) is 150 Å². The Morgan fingerprint density at radius 2 is 1.25 bits per heavy atom. The fourth-order valence-electron chi connectivity index (χ4n) is 13.8. The zero-order valence-electron chi connectivity index (χ0n) is 61.6. The van der Waals surface area contributed by atoms with Crippen molar-refractivity contribution in [1.29, 1.82) is 0 Å². The quantitative estimate of drug-likeness (QED) is 0.0156. The highest BCUT2D eigenvalue weighted by molar-refractivity contribution is 7.92. The number of aromatic amines is 1. The molecule has 3 aliphatic carbocycles. The van der Waals surface area contributed by atoms with Crippen molar-refractivity contribution in [3.8, 4) is 11.5 Å². The molecule has 0 saturated carbocycles. The minimum absolute atomic E-state index is 0.00458. The maximum absolute atomic E-state index is 14.0. The number of fused-ring (bicyclic) bond motifs is 1. The van der Waals surface area contributed by atoms with Crippen LogP contribution in [-0.4, -0.2) is 122 Å². The number of alkyl halides is 9. The first-order chi connectivity index (χ1) is 51.9. The zero-order valence-corrected chi connectivity index (χ0v) is 65.4. The summed E-state index contributed by atoms with van der Waals surface area (Å²) in [4.78, 5) is 58.6. The van der Waals surface area contributed by atoms with Crippen molar-refractivity contribution >= 4 is 126 Å². The molecule has 0 unspecified atom stereocenters. The number of sulfone groups is 1. The number of benzene rings is 5. The number of ether oxygens (including phenoxy) is 2. The van der Waals surface area contributed by atoms with E-state index in [4.69, 9.17) is 65.9 Å². The number of aromatic nitrogens is 2. The number of rotatable bonds is 18. The first kappa shape index (κ1) is 87.2. The average molecular weight is 1650 g/mol. The maximum Gasteiger partial charge on any atom is 0.488 e. The van der Waals surface area contributed by atoms with Gasteiger partial charge >= 0.3 is 25.6 Å². The van der Waals surface area contributed by atoms with Gasteiger partial charge in [-0.3, -0.25) is 29.4 Å². The number of nitro benzene ring substituents is 1. The molecule has 0 bridgehead atoms. The number of nitrogens with one attached hydrogen (secondary N) is 2. The number of aldehydes is 2. The number of carbonyl (C=O) groups excluding carboxylic acids is 3. The minimum Gasteiger partial charge on any atom is -0.455 e. The van der Waals surface area contributed by atoms with E-state index < -0.39 is 79.3 Å². The molecule has 5 aliphatic rings. The van der Waals surface area contributed by atoms with Crippen LogP contribution in [0.3, 0.4) is 0 Å². The van der Waals surface area contributed by atoms with E-state index in [-0.39, 0.29) is 59.6 Å². The topological polar surface area (TPSA) is 235 Å². The van der Waals surface area contributed by atoms with Crippen LogP contribution < -0.4 is 20.4 Å². The van der Waals surface area contributed by atoms with Gasteiger partial charge in [0.05, 0.1) is 53.3 Å². The number of nitrogens with zero attached hydrogens (tertiary/aromatic N) is 4. The summed E-state index contributed by atoms with van der Waals surface area (Å²) in [5.41, 5.74) is 3.38. The summed E-state index contributed by atoms with van der Waals surface area (Å²) >= 11 is 22.8. The Labute approximate surface area is 657 Å². The first-order valence-corrected chi connectivity index (χ1v) is 38.9. The number of ketones is 1. The number of nitro groups is 1. The molecule has 0 spiro atoms. The molecule has 2 aliphatic heterocycles. The largest absolute Gasteiger partial charge is 0.488 e. The maximum atomic E-state index is 14.0. The average Bonchev–Trinajstić information content (AvgIpc) is 0.917. The highest BCUT2D eigenvalue weighted by atomic mass is 35.5. The molecule has 2 saturated heterocycles. The van der Waals surface area contributed by atoms with E-state index in [1.807, 2.05) is 6.07 Å². The Kier molecular flexibility index (Phi) is 28.4. The highest BCUT2D eigenvalue weighted by Gasteiger charge is 2.39. The van der Waals surface area contributed by atoms with Crippen LogP contribution in [0.15, 0.2) is 142 Å². The Hall–Kier alpha value is -7.80. The van der Waals surface area contributed by atoms with Crippen LogP contribution in [-0.2, 0) is 42.7 Å². The summed E-state index contributed by atoms with van der Waals surface area (Å²) in [6, 6.07) is 22.9. The van der Waals surface area contributed by atoms with E-state index in [1.165, 1.54) is 42.6 Å². The van der Waals surface area contributed by atoms with E-state index in [9.17, 15) is 72.4 Å². The summed E-state index contributed by atoms with van der Waals surface area (Å²) in [6.07, 6.45) is -0.0822. The monoisotopic (exact) mass is 1650 g/mol. The Morgan fingerprint density at radius 3 is 1.82 bits per heavy atom. The van der Waals surface area contributed by atoms with E-state index in [0.29, 0.717) is 111 Å². The van der Waals surface area contributed by atoms with Crippen LogP contribution in [0, 0.1) is 32.3 Å². The van der Waals surface area contributed by atoms with Crippen LogP contribution in [0.25, 0.3) is 22.2 Å². The number of pyridine rings is 1. The smallest absolute Gasteiger partial charge is 0.455 e. The molecule has 5 aromatic carbocycles. The Balaban J connectivity index is 0.000000246. The minimum atomic E-state index is -4.60. The SMILES string of the molecule is CC1(C)CCC(C=O)=C(Cl)C1.CC1(C)CCC(C=O)=C(c2ccc(Cl)c(C(F)(F)F)c2)C1.CC1(C)CCC(CN2CCN(c3ccc(C(=O)CS(=O)(=O)c4ccc(NCC5CCOCC5)c([N+](=O)[O-])c4)c(Oc4cnc5[nH]ccc5c4)c3)CC2)=C(c2ccc(Cl)c(C(F)(F)F)c2)C1.OB(O)c1ccc(Cl)c(C(F)(F)F)c1. The molecule has 111 heavy (non-hydrogen) atoms. The third-order valence-corrected chi connectivity index (χ3v) is 23.2. The molecule has 596 valence electrons. The highest BCUT2D eigenvalue weighted by Crippen LogP contribution is 2.48. The molecule has 17 nitrogen and oxygen atoms in total. The predicted molar refractivity (Wildman–Crippen MR) is 414 cm³/mol. The Bertz CT molecular complexity index is 4800. The van der Waals surface area contributed by atoms with Crippen molar-refractivity contribution in [2.75, 3.05) is 68.5 Å². The summed E-state index contributed by atoms with van der Waals surface area (Å²) in [6.45, 7) is 17.5. The van der Waals surface area contributed by atoms with Crippen LogP contribution in [0.4, 0.5) is 56.6 Å². The second-order valence-corrected chi connectivity index (χ2v) is 34.1. The lowest BCUT2D eigenvalue weighted by Gasteiger charge is -2.39. The van der Waals surface area contributed by atoms with Gasteiger partial charge in [-0.05, 0) is 199 Å². The van der Waals surface area contributed by atoms with Gasteiger partial charge in [0.2, 0.25) is 0 Å². The van der Waals surface area contributed by atoms with Gasteiger partial charge in [0.1, 0.15) is 41.2 Å². The Morgan fingerprint density at radius 1 is 0.703 bits per heavy atom. The molecule has 4 N–H and O–H groups in total. The van der Waals surface area contributed by atoms with Gasteiger partial charge in [-0.25, -0.2) is 13.4 Å². The van der Waals surface area contributed by atoms with Crippen molar-refractivity contribution in [2.45, 2.75) is 136 Å². The zero-order chi connectivity index (χ0) is 81.3. The van der Waals surface area contributed by atoms with E-state index in [2.05, 4.69) is 66.6 Å². The number of allylic oxidation sites excluding steroid dienone is 5. The molecule has 0 atom stereocenters. The second-order valence-electron chi connectivity index (χ2n) is 30.5. The number of halogens is 13. The number of Topliss-reactive ketones (excluding diaryl/α,β-unsaturated/α-hetero) is 1. The van der Waals surface area contributed by atoms with Crippen molar-refractivity contribution in [1.82, 2.24) is 14.9 Å². The molecule has 12 rings (SSSR count). The molecule has 4 heterocycles. The third-order valence-electron chi connectivity index (χ3n) is 20.3. The lowest BCUT2D eigenvalue weighted by atomic mass is 9.72. The fraction of sp³-hybridized carbons (Fsp3) is 0.418. The summed E-state index contributed by atoms with van der Waals surface area (Å²) in [5.74, 6) is -1.04. The van der Waals surface area contributed by atoms with Gasteiger partial charge in [-0.2, -0.15) is 39.5 Å². The number of hydrogen-bond acceptors (Lipinski definition) is 15. The van der Waals surface area contributed by atoms with Gasteiger partial charge in [-0.1, -0.05) is 112 Å². The van der Waals surface area contributed by atoms with E-state index in [1.54, 1.807) is 36.5 Å². The molecular weight excluding hydrogens is 1560 g/mol. The van der Waals surface area contributed by atoms with Crippen molar-refractivity contribution in [3.05, 3.63) is 196 Å². The lowest BCUT2D eigenvalue weighted by molar-refractivity contribution is -0.384. The molecule has 0 amide bonds. The van der Waals surface area contributed by atoms with Crippen LogP contribution in [0.5, 0.6) is 11.5 Å². The summed E-state index contributed by atoms with van der Waals surface area (Å²) in [7, 11) is -6.30. The van der Waals surface area contributed by atoms with Crippen molar-refractivity contribution in [2.24, 2.45) is 22.2 Å². The number of H-pyrrole nitrogens is 1. The predicted octanol–water partition coefficient (Wildman–Crippen LogP) is 19.7. The molecular formula is C79H84BCl4F9N6O11S. The number of piperazine rings is 1. The van der Waals surface area contributed by atoms with Crippen LogP contribution >= 0.6 is 46.4 Å². The first-order valence-electron chi connectivity index (χ1n) is 35.7. The van der Waals surface area contributed by atoms with Gasteiger partial charge < -0.3 is 34.7 Å². The number of hydrogen-bond donors (Lipinski definition) is 4. The van der Waals surface area contributed by atoms with Crippen molar-refractivity contribution in [3.63, 3.8) is 0 Å². The van der Waals surface area contributed by atoms with Crippen molar-refractivity contribution < 1.29 is 86.8 Å². The van der Waals surface area contributed by atoms with E-state index in [0.717, 1.165) is 121 Å². The third kappa shape index (κ3) is 23.4. The standard InChI is InChI=1S/C47H50ClF3N6O7S.C16H16ClF3O.C9H13ClO.C7H5BClF3O2/c1-46(2)13-9-33(38(25-46)31-3-7-40(48)39(22-31)47(49,50)51)28-55-15-17-56(18-16-55)34-4-6-37(44(23-34)64-35-21-32-10-14-52-45(32)54-27-35)43(58)29-65(61,62)36-5-8-41(42(24-36)57(59)60)53-26-30-11-19-63-20-12-30;1-15(2)6-5-11(9-21)12(8-15)10-3-4-14(17)13(7-10)16(18,19)20;1-9(2)4-3-7(6-11)8(10)5-9;9-6-2-1-4(8(13)14)3-5(6)7(10,11)12/h3-8,10,14,21-24,27,30,53H,9,11-13,15-20,25-26,28-29H2,1-2H3,(H,52,54);3-4,7,9H,5-6,8H2,1-2H3;6H,3-5H2,1-2H3;1-3,13-14H. The number of anilines is 2. The molecule has 32 heteroatoms. The molecule has 0 radical (unpaired) electrons. The van der Waals surface area contributed by atoms with Gasteiger partial charge in [0, 0.05) is 92.5 Å². The van der Waals surface area contributed by atoms with Crippen LogP contribution in [0.2, 0.25) is 15.1 Å². The van der Waals surface area contributed by atoms with E-state index >= 15 is 0 Å². The fourth-order valence-corrected chi connectivity index (χ4v) is 16.2. The van der Waals surface area contributed by atoms with Gasteiger partial charge in [0.25, 0.3) is 5.69 Å². The lowest BCUT2D eigenvalue weighted by Crippen LogP contribution is -2.47.